The Hall–Kier alpha value is -2.11. The van der Waals surface area contributed by atoms with Gasteiger partial charge in [0.1, 0.15) is 5.69 Å². The largest absolute Gasteiger partial charge is 0.399 e. The Kier molecular flexibility index (Phi) is 2.95. The van der Waals surface area contributed by atoms with Gasteiger partial charge < -0.3 is 5.73 Å². The van der Waals surface area contributed by atoms with Gasteiger partial charge in [-0.1, -0.05) is 6.07 Å². The number of fused-ring (bicyclic) bond motifs is 1. The Morgan fingerprint density at radius 3 is 2.76 bits per heavy atom. The zero-order chi connectivity index (χ0) is 12.4. The summed E-state index contributed by atoms with van der Waals surface area (Å²) in [7, 11) is 0. The Morgan fingerprint density at radius 1 is 1.35 bits per heavy atom. The van der Waals surface area contributed by atoms with E-state index < -0.39 is 12.0 Å². The van der Waals surface area contributed by atoms with E-state index >= 15 is 0 Å². The highest BCUT2D eigenvalue weighted by molar-refractivity contribution is 5.93. The second-order valence-electron chi connectivity index (χ2n) is 3.41. The molecular weight excluding hydrogens is 231 g/mol. The van der Waals surface area contributed by atoms with Gasteiger partial charge in [-0.25, -0.2) is 13.2 Å². The first kappa shape index (κ1) is 11.4. The van der Waals surface area contributed by atoms with Crippen molar-refractivity contribution in [3.8, 4) is 0 Å². The highest BCUT2D eigenvalue weighted by Crippen LogP contribution is 2.27. The molecule has 0 amide bonds. The monoisotopic (exact) mass is 239 g/mol. The SMILES string of the molecule is Nc1ccc2c(C(=CF)C(F)F)nncc2c1. The van der Waals surface area contributed by atoms with Gasteiger partial charge in [0, 0.05) is 16.5 Å². The van der Waals surface area contributed by atoms with Crippen LogP contribution >= 0.6 is 0 Å². The van der Waals surface area contributed by atoms with E-state index in [0.717, 1.165) is 0 Å². The van der Waals surface area contributed by atoms with Gasteiger partial charge in [-0.3, -0.25) is 0 Å². The van der Waals surface area contributed by atoms with E-state index in [1.165, 1.54) is 18.3 Å². The quantitative estimate of drug-likeness (QED) is 0.820. The molecule has 0 atom stereocenters. The van der Waals surface area contributed by atoms with Crippen molar-refractivity contribution < 1.29 is 13.2 Å². The van der Waals surface area contributed by atoms with Crippen molar-refractivity contribution >= 4 is 22.0 Å². The molecule has 1 aromatic carbocycles. The van der Waals surface area contributed by atoms with Gasteiger partial charge in [-0.05, 0) is 12.1 Å². The Bertz CT molecular complexity index is 581. The molecule has 0 radical (unpaired) electrons. The molecule has 2 rings (SSSR count). The minimum Gasteiger partial charge on any atom is -0.399 e. The van der Waals surface area contributed by atoms with Crippen molar-refractivity contribution in [2.24, 2.45) is 0 Å². The summed E-state index contributed by atoms with van der Waals surface area (Å²) in [5.74, 6) is 0. The van der Waals surface area contributed by atoms with Crippen molar-refractivity contribution in [3.63, 3.8) is 0 Å². The number of hydrogen-bond donors (Lipinski definition) is 1. The van der Waals surface area contributed by atoms with Crippen LogP contribution in [0.1, 0.15) is 5.69 Å². The number of nitrogens with zero attached hydrogens (tertiary/aromatic N) is 2. The lowest BCUT2D eigenvalue weighted by Crippen LogP contribution is -2.01. The maximum Gasteiger partial charge on any atom is 0.268 e. The third kappa shape index (κ3) is 2.06. The van der Waals surface area contributed by atoms with E-state index in [2.05, 4.69) is 10.2 Å². The van der Waals surface area contributed by atoms with Crippen molar-refractivity contribution in [3.05, 3.63) is 36.4 Å². The fourth-order valence-electron chi connectivity index (χ4n) is 1.52. The first-order chi connectivity index (χ1) is 8.13. The standard InChI is InChI=1S/C11H8F3N3/c12-4-9(11(13)14)10-8-2-1-7(15)3-6(8)5-16-17-10/h1-5,11H,15H2. The van der Waals surface area contributed by atoms with Crippen LogP contribution in [0.15, 0.2) is 30.7 Å². The van der Waals surface area contributed by atoms with Gasteiger partial charge in [0.2, 0.25) is 0 Å². The number of benzene rings is 1. The smallest absolute Gasteiger partial charge is 0.268 e. The van der Waals surface area contributed by atoms with E-state index in [1.54, 1.807) is 6.07 Å². The number of nitrogens with two attached hydrogens (primary N) is 1. The number of hydrogen-bond acceptors (Lipinski definition) is 3. The maximum atomic E-state index is 12.6. The van der Waals surface area contributed by atoms with Crippen molar-refractivity contribution in [2.75, 3.05) is 5.73 Å². The van der Waals surface area contributed by atoms with Crippen LogP contribution in [-0.2, 0) is 0 Å². The average Bonchev–Trinajstić information content (AvgIpc) is 2.29. The van der Waals surface area contributed by atoms with Crippen molar-refractivity contribution in [1.82, 2.24) is 10.2 Å². The maximum absolute atomic E-state index is 12.6. The van der Waals surface area contributed by atoms with Crippen LogP contribution in [0, 0.1) is 0 Å². The molecule has 3 nitrogen and oxygen atoms in total. The molecule has 0 aliphatic carbocycles. The third-order valence-electron chi connectivity index (χ3n) is 2.31. The summed E-state index contributed by atoms with van der Waals surface area (Å²) in [6, 6.07) is 4.62. The number of rotatable bonds is 2. The minimum atomic E-state index is -2.95. The summed E-state index contributed by atoms with van der Waals surface area (Å²) < 4.78 is 37.7. The molecule has 0 saturated carbocycles. The zero-order valence-electron chi connectivity index (χ0n) is 8.57. The first-order valence-electron chi connectivity index (χ1n) is 4.73. The molecule has 0 aliphatic heterocycles. The van der Waals surface area contributed by atoms with E-state index in [0.29, 0.717) is 16.5 Å². The Labute approximate surface area is 94.8 Å². The predicted octanol–water partition coefficient (Wildman–Crippen LogP) is 2.79. The lowest BCUT2D eigenvalue weighted by Gasteiger charge is -2.07. The van der Waals surface area contributed by atoms with Crippen LogP contribution in [0.25, 0.3) is 16.3 Å². The number of anilines is 1. The highest BCUT2D eigenvalue weighted by Gasteiger charge is 2.18. The predicted molar refractivity (Wildman–Crippen MR) is 59.0 cm³/mol. The van der Waals surface area contributed by atoms with Crippen molar-refractivity contribution in [1.29, 1.82) is 0 Å². The molecule has 0 fully saturated rings. The second-order valence-corrected chi connectivity index (χ2v) is 3.41. The molecule has 0 spiro atoms. The van der Waals surface area contributed by atoms with Gasteiger partial charge in [-0.2, -0.15) is 5.10 Å². The van der Waals surface area contributed by atoms with Gasteiger partial charge in [0.05, 0.1) is 18.1 Å². The lowest BCUT2D eigenvalue weighted by molar-refractivity contribution is 0.213. The zero-order valence-corrected chi connectivity index (χ0v) is 8.57. The topological polar surface area (TPSA) is 51.8 Å². The molecule has 1 heterocycles. The molecule has 2 aromatic rings. The van der Waals surface area contributed by atoms with E-state index in [-0.39, 0.29) is 12.0 Å². The fraction of sp³-hybridized carbons (Fsp3) is 0.0909. The van der Waals surface area contributed by atoms with Gasteiger partial charge in [0.25, 0.3) is 6.43 Å². The van der Waals surface area contributed by atoms with Crippen LogP contribution in [0.3, 0.4) is 0 Å². The average molecular weight is 239 g/mol. The normalized spacial score (nSPS) is 12.4. The molecule has 0 bridgehead atoms. The van der Waals surface area contributed by atoms with Crippen LogP contribution in [0.2, 0.25) is 0 Å². The minimum absolute atomic E-state index is 0.148. The van der Waals surface area contributed by atoms with Crippen LogP contribution < -0.4 is 5.73 Å². The number of aromatic nitrogens is 2. The van der Waals surface area contributed by atoms with Gasteiger partial charge in [-0.15, -0.1) is 5.10 Å². The highest BCUT2D eigenvalue weighted by atomic mass is 19.3. The van der Waals surface area contributed by atoms with Gasteiger partial charge >= 0.3 is 0 Å². The van der Waals surface area contributed by atoms with Gasteiger partial charge in [0.15, 0.2) is 0 Å². The summed E-state index contributed by atoms with van der Waals surface area (Å²) in [6.45, 7) is 0. The Balaban J connectivity index is 2.70. The van der Waals surface area contributed by atoms with E-state index in [1.807, 2.05) is 0 Å². The summed E-state index contributed by atoms with van der Waals surface area (Å²) in [5, 5.41) is 8.03. The van der Waals surface area contributed by atoms with Crippen LogP contribution in [-0.4, -0.2) is 16.6 Å². The number of halogens is 3. The second kappa shape index (κ2) is 4.40. The molecule has 17 heavy (non-hydrogen) atoms. The van der Waals surface area contributed by atoms with Crippen LogP contribution in [0.4, 0.5) is 18.9 Å². The summed E-state index contributed by atoms with van der Waals surface area (Å²) in [5.41, 5.74) is 5.08. The van der Waals surface area contributed by atoms with Crippen molar-refractivity contribution in [2.45, 2.75) is 6.43 Å². The summed E-state index contributed by atoms with van der Waals surface area (Å²) in [4.78, 5) is 0. The molecule has 0 unspecified atom stereocenters. The molecule has 6 heteroatoms. The summed E-state index contributed by atoms with van der Waals surface area (Å²) >= 11 is 0. The molecule has 0 saturated heterocycles. The van der Waals surface area contributed by atoms with E-state index in [9.17, 15) is 13.2 Å². The molecule has 1 aromatic heterocycles. The first-order valence-corrected chi connectivity index (χ1v) is 4.73. The molecule has 2 N–H and O–H groups in total. The molecule has 0 aliphatic rings. The third-order valence-corrected chi connectivity index (χ3v) is 2.31. The number of nitrogen functional groups attached to an aromatic ring is 1. The molecule has 88 valence electrons. The Morgan fingerprint density at radius 2 is 2.12 bits per heavy atom. The molecular formula is C11H8F3N3. The number of allylic oxidation sites excluding steroid dienone is 1. The fourth-order valence-corrected chi connectivity index (χ4v) is 1.52. The van der Waals surface area contributed by atoms with Crippen LogP contribution in [0.5, 0.6) is 0 Å². The number of alkyl halides is 2. The summed E-state index contributed by atoms with van der Waals surface area (Å²) in [6.07, 6.45) is -1.71. The lowest BCUT2D eigenvalue weighted by atomic mass is 10.1. The van der Waals surface area contributed by atoms with E-state index in [4.69, 9.17) is 5.73 Å².